The van der Waals surface area contributed by atoms with Gasteiger partial charge in [-0.1, -0.05) is 30.3 Å². The van der Waals surface area contributed by atoms with E-state index in [2.05, 4.69) is 34.5 Å². The van der Waals surface area contributed by atoms with Gasteiger partial charge in [0.15, 0.2) is 0 Å². The van der Waals surface area contributed by atoms with E-state index in [1.165, 1.54) is 0 Å². The van der Waals surface area contributed by atoms with Crippen LogP contribution in [0.4, 0.5) is 0 Å². The highest BCUT2D eigenvalue weighted by atomic mass is 16.2. The summed E-state index contributed by atoms with van der Waals surface area (Å²) in [6.07, 6.45) is 1.83. The van der Waals surface area contributed by atoms with E-state index in [1.807, 2.05) is 23.1 Å². The van der Waals surface area contributed by atoms with E-state index in [1.54, 1.807) is 24.3 Å². The number of hydrogen-bond donors (Lipinski definition) is 1. The highest BCUT2D eigenvalue weighted by Crippen LogP contribution is 2.29. The number of aromatic nitrogens is 2. The molecule has 0 bridgehead atoms. The fourth-order valence-corrected chi connectivity index (χ4v) is 3.57. The fraction of sp³-hybridized carbons (Fsp3) is 0.227. The molecule has 0 atom stereocenters. The molecule has 3 aromatic rings. The Morgan fingerprint density at radius 1 is 1.07 bits per heavy atom. The normalized spacial score (nSPS) is 14.7. The van der Waals surface area contributed by atoms with Crippen LogP contribution in [0.25, 0.3) is 11.3 Å². The van der Waals surface area contributed by atoms with Crippen LogP contribution in [0.3, 0.4) is 0 Å². The third kappa shape index (κ3) is 3.61. The molecule has 0 unspecified atom stereocenters. The molecule has 1 saturated heterocycles. The number of carbonyl (C=O) groups excluding carboxylic acids is 1. The Kier molecular flexibility index (Phi) is 4.71. The molecule has 5 heteroatoms. The van der Waals surface area contributed by atoms with Crippen molar-refractivity contribution >= 4 is 5.91 Å². The molecule has 0 radical (unpaired) electrons. The van der Waals surface area contributed by atoms with Crippen molar-refractivity contribution < 1.29 is 4.79 Å². The number of amides is 1. The lowest BCUT2D eigenvalue weighted by molar-refractivity contribution is 0.0712. The van der Waals surface area contributed by atoms with Gasteiger partial charge in [-0.15, -0.1) is 0 Å². The number of nitrogens with zero attached hydrogens (tertiary/aromatic N) is 3. The summed E-state index contributed by atoms with van der Waals surface area (Å²) in [6, 6.07) is 21.2. The standard InChI is InChI=1S/C22H20N4O/c23-15-16-6-8-19(9-7-16)22(27)26-12-10-18(11-13-26)21-14-20(24-25-21)17-4-2-1-3-5-17/h1-9,14,18H,10-13H2,(H,24,25). The van der Waals surface area contributed by atoms with Crippen LogP contribution < -0.4 is 0 Å². The van der Waals surface area contributed by atoms with Gasteiger partial charge in [-0.2, -0.15) is 10.4 Å². The van der Waals surface area contributed by atoms with Gasteiger partial charge in [-0.25, -0.2) is 0 Å². The van der Waals surface area contributed by atoms with Crippen molar-refractivity contribution in [2.24, 2.45) is 0 Å². The Labute approximate surface area is 158 Å². The zero-order chi connectivity index (χ0) is 18.6. The monoisotopic (exact) mass is 356 g/mol. The van der Waals surface area contributed by atoms with Gasteiger partial charge in [0.2, 0.25) is 0 Å². The second kappa shape index (κ2) is 7.46. The molecule has 134 valence electrons. The van der Waals surface area contributed by atoms with Crippen LogP contribution in [0.2, 0.25) is 0 Å². The van der Waals surface area contributed by atoms with Crippen molar-refractivity contribution in [1.29, 1.82) is 5.26 Å². The first-order chi connectivity index (χ1) is 13.2. The number of nitriles is 1. The average molecular weight is 356 g/mol. The van der Waals surface area contributed by atoms with E-state index in [-0.39, 0.29) is 5.91 Å². The number of nitrogens with one attached hydrogen (secondary N) is 1. The van der Waals surface area contributed by atoms with Gasteiger partial charge in [0.1, 0.15) is 0 Å². The highest BCUT2D eigenvalue weighted by molar-refractivity contribution is 5.94. The third-order valence-electron chi connectivity index (χ3n) is 5.15. The predicted octanol–water partition coefficient (Wildman–Crippen LogP) is 3.97. The topological polar surface area (TPSA) is 72.8 Å². The Hall–Kier alpha value is -3.39. The molecule has 0 aliphatic carbocycles. The van der Waals surface area contributed by atoms with Crippen LogP contribution in [0.1, 0.15) is 40.4 Å². The number of benzene rings is 2. The van der Waals surface area contributed by atoms with E-state index >= 15 is 0 Å². The molecular formula is C22H20N4O. The summed E-state index contributed by atoms with van der Waals surface area (Å²) >= 11 is 0. The first kappa shape index (κ1) is 17.0. The first-order valence-electron chi connectivity index (χ1n) is 9.15. The lowest BCUT2D eigenvalue weighted by Crippen LogP contribution is -2.38. The van der Waals surface area contributed by atoms with E-state index in [0.29, 0.717) is 17.0 Å². The van der Waals surface area contributed by atoms with Crippen LogP contribution in [0, 0.1) is 11.3 Å². The summed E-state index contributed by atoms with van der Waals surface area (Å²) in [6.45, 7) is 1.45. The number of rotatable bonds is 3. The number of hydrogen-bond acceptors (Lipinski definition) is 3. The van der Waals surface area contributed by atoms with Gasteiger partial charge in [0.25, 0.3) is 5.91 Å². The van der Waals surface area contributed by atoms with Crippen molar-refractivity contribution in [1.82, 2.24) is 15.1 Å². The SMILES string of the molecule is N#Cc1ccc(C(=O)N2CCC(c3cc(-c4ccccc4)n[nH]3)CC2)cc1. The molecule has 2 aromatic carbocycles. The third-order valence-corrected chi connectivity index (χ3v) is 5.15. The summed E-state index contributed by atoms with van der Waals surface area (Å²) in [4.78, 5) is 14.5. The molecule has 1 aromatic heterocycles. The van der Waals surface area contributed by atoms with Gasteiger partial charge >= 0.3 is 0 Å². The molecule has 1 aliphatic heterocycles. The smallest absolute Gasteiger partial charge is 0.253 e. The highest BCUT2D eigenvalue weighted by Gasteiger charge is 2.25. The quantitative estimate of drug-likeness (QED) is 0.772. The van der Waals surface area contributed by atoms with Gasteiger partial charge in [0.05, 0.1) is 17.3 Å². The minimum Gasteiger partial charge on any atom is -0.339 e. The molecule has 2 heterocycles. The van der Waals surface area contributed by atoms with Gasteiger partial charge < -0.3 is 4.90 Å². The number of aromatic amines is 1. The number of likely N-dealkylation sites (tertiary alicyclic amines) is 1. The molecule has 0 saturated carbocycles. The molecule has 1 amide bonds. The minimum atomic E-state index is 0.0347. The van der Waals surface area contributed by atoms with Crippen molar-refractivity contribution in [3.8, 4) is 17.3 Å². The molecule has 27 heavy (non-hydrogen) atoms. The van der Waals surface area contributed by atoms with Crippen molar-refractivity contribution in [3.05, 3.63) is 77.5 Å². The van der Waals surface area contributed by atoms with Crippen LogP contribution in [-0.4, -0.2) is 34.1 Å². The Morgan fingerprint density at radius 2 is 1.78 bits per heavy atom. The Balaban J connectivity index is 1.39. The summed E-state index contributed by atoms with van der Waals surface area (Å²) < 4.78 is 0. The minimum absolute atomic E-state index is 0.0347. The molecule has 4 rings (SSSR count). The van der Waals surface area contributed by atoms with Crippen molar-refractivity contribution in [2.75, 3.05) is 13.1 Å². The maximum absolute atomic E-state index is 12.7. The average Bonchev–Trinajstić information content (AvgIpc) is 3.24. The lowest BCUT2D eigenvalue weighted by atomic mass is 9.92. The van der Waals surface area contributed by atoms with Crippen molar-refractivity contribution in [3.63, 3.8) is 0 Å². The predicted molar refractivity (Wildman–Crippen MR) is 103 cm³/mol. The Bertz CT molecular complexity index is 962. The van der Waals surface area contributed by atoms with Crippen LogP contribution >= 0.6 is 0 Å². The molecule has 1 N–H and O–H groups in total. The lowest BCUT2D eigenvalue weighted by Gasteiger charge is -2.31. The van der Waals surface area contributed by atoms with Gasteiger partial charge in [-0.3, -0.25) is 9.89 Å². The maximum atomic E-state index is 12.7. The zero-order valence-corrected chi connectivity index (χ0v) is 14.9. The van der Waals surface area contributed by atoms with Crippen LogP contribution in [-0.2, 0) is 0 Å². The van der Waals surface area contributed by atoms with E-state index in [9.17, 15) is 4.79 Å². The second-order valence-corrected chi connectivity index (χ2v) is 6.83. The largest absolute Gasteiger partial charge is 0.339 e. The van der Waals surface area contributed by atoms with E-state index < -0.39 is 0 Å². The fourth-order valence-electron chi connectivity index (χ4n) is 3.57. The second-order valence-electron chi connectivity index (χ2n) is 6.83. The summed E-state index contributed by atoms with van der Waals surface area (Å²) in [5.41, 5.74) is 4.41. The zero-order valence-electron chi connectivity index (χ0n) is 14.9. The molecule has 0 spiro atoms. The van der Waals surface area contributed by atoms with E-state index in [4.69, 9.17) is 5.26 Å². The first-order valence-corrected chi connectivity index (χ1v) is 9.15. The van der Waals surface area contributed by atoms with Gasteiger partial charge in [0, 0.05) is 35.8 Å². The van der Waals surface area contributed by atoms with E-state index in [0.717, 1.165) is 42.9 Å². The number of piperidine rings is 1. The maximum Gasteiger partial charge on any atom is 0.253 e. The van der Waals surface area contributed by atoms with Crippen LogP contribution in [0.15, 0.2) is 60.7 Å². The summed E-state index contributed by atoms with van der Waals surface area (Å²) in [5.74, 6) is 0.424. The molecule has 1 fully saturated rings. The number of carbonyl (C=O) groups is 1. The summed E-state index contributed by atoms with van der Waals surface area (Å²) in [7, 11) is 0. The van der Waals surface area contributed by atoms with Crippen molar-refractivity contribution in [2.45, 2.75) is 18.8 Å². The van der Waals surface area contributed by atoms with Crippen LogP contribution in [0.5, 0.6) is 0 Å². The molecule has 1 aliphatic rings. The van der Waals surface area contributed by atoms with Gasteiger partial charge in [-0.05, 0) is 43.2 Å². The Morgan fingerprint density at radius 3 is 2.44 bits per heavy atom. The molecule has 5 nitrogen and oxygen atoms in total. The number of H-pyrrole nitrogens is 1. The molecular weight excluding hydrogens is 336 g/mol. The summed E-state index contributed by atoms with van der Waals surface area (Å²) in [5, 5.41) is 16.5.